The van der Waals surface area contributed by atoms with Crippen LogP contribution >= 0.6 is 0 Å². The molecule has 0 fully saturated rings. The molecule has 1 N–H and O–H groups in total. The molecule has 36 heavy (non-hydrogen) atoms. The van der Waals surface area contributed by atoms with Gasteiger partial charge in [0.2, 0.25) is 0 Å². The van der Waals surface area contributed by atoms with Gasteiger partial charge in [0.25, 0.3) is 5.91 Å². The summed E-state index contributed by atoms with van der Waals surface area (Å²) in [6, 6.07) is 27.9. The number of nitrogens with zero attached hydrogens (tertiary/aromatic N) is 1. The van der Waals surface area contributed by atoms with E-state index in [1.54, 1.807) is 18.4 Å². The lowest BCUT2D eigenvalue weighted by atomic mass is 10.1. The Labute approximate surface area is 213 Å². The van der Waals surface area contributed by atoms with E-state index < -0.39 is 6.23 Å². The fourth-order valence-electron chi connectivity index (χ4n) is 4.13. The van der Waals surface area contributed by atoms with Gasteiger partial charge >= 0.3 is 0 Å². The minimum atomic E-state index is -1.11. The second-order valence-electron chi connectivity index (χ2n) is 8.79. The number of para-hydroxylation sites is 1. The first-order valence-electron chi connectivity index (χ1n) is 12.6. The van der Waals surface area contributed by atoms with Crippen LogP contribution in [0.3, 0.4) is 0 Å². The third-order valence-electron chi connectivity index (χ3n) is 6.16. The third-order valence-corrected chi connectivity index (χ3v) is 6.16. The number of hydrogen-bond acceptors (Lipinski definition) is 4. The molecule has 0 spiro atoms. The number of unbranched alkanes of at least 4 members (excludes halogenated alkanes) is 3. The van der Waals surface area contributed by atoms with Crippen LogP contribution in [0.15, 0.2) is 102 Å². The van der Waals surface area contributed by atoms with Crippen LogP contribution in [0, 0.1) is 0 Å². The molecule has 0 aliphatic rings. The van der Waals surface area contributed by atoms with Crippen molar-refractivity contribution in [3.05, 3.63) is 114 Å². The number of hydrogen-bond donors (Lipinski definition) is 1. The molecular weight excluding hydrogens is 450 g/mol. The second-order valence-corrected chi connectivity index (χ2v) is 8.79. The summed E-state index contributed by atoms with van der Waals surface area (Å²) < 4.78 is 11.5. The molecule has 0 saturated heterocycles. The zero-order chi connectivity index (χ0) is 25.2. The third kappa shape index (κ3) is 6.43. The van der Waals surface area contributed by atoms with Crippen LogP contribution in [0.5, 0.6) is 5.75 Å². The Morgan fingerprint density at radius 1 is 0.889 bits per heavy atom. The van der Waals surface area contributed by atoms with Gasteiger partial charge in [-0.1, -0.05) is 86.8 Å². The molecule has 0 aliphatic carbocycles. The van der Waals surface area contributed by atoms with Gasteiger partial charge in [-0.2, -0.15) is 0 Å². The van der Waals surface area contributed by atoms with Crippen molar-refractivity contribution in [2.24, 2.45) is 0 Å². The minimum Gasteiger partial charge on any atom is -0.493 e. The lowest BCUT2D eigenvalue weighted by Gasteiger charge is -2.29. The summed E-state index contributed by atoms with van der Waals surface area (Å²) in [6.07, 6.45) is 4.99. The topological polar surface area (TPSA) is 62.9 Å². The predicted octanol–water partition coefficient (Wildman–Crippen LogP) is 7.24. The van der Waals surface area contributed by atoms with Crippen molar-refractivity contribution >= 4 is 5.91 Å². The molecule has 0 radical (unpaired) electrons. The molecule has 3 aromatic carbocycles. The first kappa shape index (κ1) is 25.3. The number of carbonyl (C=O) groups is 1. The van der Waals surface area contributed by atoms with Gasteiger partial charge in [-0.3, -0.25) is 4.79 Å². The van der Waals surface area contributed by atoms with Crippen LogP contribution < -0.4 is 4.74 Å². The van der Waals surface area contributed by atoms with E-state index in [0.29, 0.717) is 17.7 Å². The minimum absolute atomic E-state index is 0.208. The quantitative estimate of drug-likeness (QED) is 0.170. The van der Waals surface area contributed by atoms with Gasteiger partial charge in [0.15, 0.2) is 6.23 Å². The van der Waals surface area contributed by atoms with E-state index in [2.05, 4.69) is 6.92 Å². The maximum Gasteiger partial charge on any atom is 0.256 e. The first-order chi connectivity index (χ1) is 17.7. The van der Waals surface area contributed by atoms with Gasteiger partial charge in [-0.05, 0) is 36.8 Å². The molecule has 1 heterocycles. The van der Waals surface area contributed by atoms with Crippen molar-refractivity contribution in [2.75, 3.05) is 6.61 Å². The van der Waals surface area contributed by atoms with Gasteiger partial charge in [-0.15, -0.1) is 0 Å². The smallest absolute Gasteiger partial charge is 0.256 e. The fraction of sp³-hybridized carbons (Fsp3) is 0.258. The normalized spacial score (nSPS) is 11.7. The Kier molecular flexibility index (Phi) is 8.95. The number of amides is 1. The number of benzene rings is 3. The molecule has 1 amide bonds. The zero-order valence-electron chi connectivity index (χ0n) is 20.7. The number of furan rings is 1. The van der Waals surface area contributed by atoms with E-state index >= 15 is 0 Å². The zero-order valence-corrected chi connectivity index (χ0v) is 20.7. The van der Waals surface area contributed by atoms with Crippen molar-refractivity contribution in [1.82, 2.24) is 4.90 Å². The van der Waals surface area contributed by atoms with Crippen LogP contribution in [-0.4, -0.2) is 22.5 Å². The van der Waals surface area contributed by atoms with Crippen molar-refractivity contribution in [2.45, 2.75) is 45.4 Å². The maximum atomic E-state index is 13.7. The second kappa shape index (κ2) is 12.8. The van der Waals surface area contributed by atoms with Crippen LogP contribution in [0.25, 0.3) is 11.3 Å². The van der Waals surface area contributed by atoms with Gasteiger partial charge < -0.3 is 19.2 Å². The highest BCUT2D eigenvalue weighted by atomic mass is 16.5. The highest BCUT2D eigenvalue weighted by molar-refractivity contribution is 5.94. The molecule has 5 heteroatoms. The van der Waals surface area contributed by atoms with E-state index in [1.807, 2.05) is 78.9 Å². The Morgan fingerprint density at radius 3 is 2.36 bits per heavy atom. The first-order valence-corrected chi connectivity index (χ1v) is 12.6. The fourth-order valence-corrected chi connectivity index (χ4v) is 4.13. The summed E-state index contributed by atoms with van der Waals surface area (Å²) >= 11 is 0. The Bertz CT molecular complexity index is 1200. The Balaban J connectivity index is 1.58. The molecule has 186 valence electrons. The summed E-state index contributed by atoms with van der Waals surface area (Å²) in [7, 11) is 0. The molecule has 1 atom stereocenters. The maximum absolute atomic E-state index is 13.7. The lowest BCUT2D eigenvalue weighted by molar-refractivity contribution is 0.00198. The average Bonchev–Trinajstić information content (AvgIpc) is 3.47. The monoisotopic (exact) mass is 483 g/mol. The van der Waals surface area contributed by atoms with E-state index in [1.165, 1.54) is 17.7 Å². The van der Waals surface area contributed by atoms with E-state index in [-0.39, 0.29) is 12.5 Å². The highest BCUT2D eigenvalue weighted by Crippen LogP contribution is 2.28. The van der Waals surface area contributed by atoms with Crippen LogP contribution in [0.2, 0.25) is 0 Å². The van der Waals surface area contributed by atoms with Gasteiger partial charge in [0, 0.05) is 22.3 Å². The molecule has 4 aromatic rings. The largest absolute Gasteiger partial charge is 0.493 e. The predicted molar refractivity (Wildman–Crippen MR) is 141 cm³/mol. The molecule has 0 bridgehead atoms. The Morgan fingerprint density at radius 2 is 1.64 bits per heavy atom. The molecule has 1 unspecified atom stereocenters. The Hall–Kier alpha value is -3.83. The lowest BCUT2D eigenvalue weighted by Crippen LogP contribution is -2.34. The van der Waals surface area contributed by atoms with Gasteiger partial charge in [0.1, 0.15) is 11.5 Å². The molecule has 0 saturated carbocycles. The molecular formula is C31H33NO4. The summed E-state index contributed by atoms with van der Waals surface area (Å²) in [5.41, 5.74) is 2.87. The molecule has 1 aromatic heterocycles. The molecule has 0 aliphatic heterocycles. The number of aliphatic hydroxyl groups is 1. The average molecular weight is 484 g/mol. The van der Waals surface area contributed by atoms with Crippen molar-refractivity contribution in [3.8, 4) is 17.1 Å². The van der Waals surface area contributed by atoms with Crippen LogP contribution in [0.1, 0.15) is 60.3 Å². The summed E-state index contributed by atoms with van der Waals surface area (Å²) in [5, 5.41) is 11.3. The van der Waals surface area contributed by atoms with Crippen LogP contribution in [-0.2, 0) is 6.54 Å². The molecule has 5 nitrogen and oxygen atoms in total. The SMILES string of the molecule is CCCCCCOc1ccccc1CN(C(=O)c1ccc(-c2ccco2)cc1)C(O)c1ccccc1. The number of carbonyl (C=O) groups excluding carboxylic acids is 1. The summed E-state index contributed by atoms with van der Waals surface area (Å²) in [5.74, 6) is 1.20. The summed E-state index contributed by atoms with van der Waals surface area (Å²) in [6.45, 7) is 3.02. The van der Waals surface area contributed by atoms with Gasteiger partial charge in [-0.25, -0.2) is 0 Å². The van der Waals surface area contributed by atoms with Gasteiger partial charge in [0.05, 0.1) is 19.4 Å². The number of ether oxygens (including phenoxy) is 1. The van der Waals surface area contributed by atoms with Crippen molar-refractivity contribution in [1.29, 1.82) is 0 Å². The number of rotatable bonds is 12. The van der Waals surface area contributed by atoms with E-state index in [9.17, 15) is 9.90 Å². The van der Waals surface area contributed by atoms with E-state index in [0.717, 1.165) is 35.5 Å². The number of aliphatic hydroxyl groups excluding tert-OH is 1. The molecule has 4 rings (SSSR count). The summed E-state index contributed by atoms with van der Waals surface area (Å²) in [4.78, 5) is 15.2. The standard InChI is InChI=1S/C31H33NO4/c1-2-3-4-10-21-35-29-15-9-8-14-27(29)23-32(30(33)25-12-6-5-7-13-25)31(34)26-19-17-24(18-20-26)28-16-11-22-36-28/h5-9,11-20,22,30,33H,2-4,10,21,23H2,1H3. The van der Waals surface area contributed by atoms with Crippen LogP contribution in [0.4, 0.5) is 0 Å². The highest BCUT2D eigenvalue weighted by Gasteiger charge is 2.26. The van der Waals surface area contributed by atoms with E-state index in [4.69, 9.17) is 9.15 Å². The van der Waals surface area contributed by atoms with Crippen molar-refractivity contribution in [3.63, 3.8) is 0 Å². The van der Waals surface area contributed by atoms with Crippen molar-refractivity contribution < 1.29 is 19.1 Å².